The molecule has 2 aromatic rings. The maximum Gasteiger partial charge on any atom is 0.310 e. The number of aryl methyl sites for hydroxylation is 1. The molecule has 0 saturated carbocycles. The van der Waals surface area contributed by atoms with Crippen molar-refractivity contribution in [2.45, 2.75) is 20.3 Å². The fourth-order valence-corrected chi connectivity index (χ4v) is 1.96. The molecule has 84 valence electrons. The van der Waals surface area contributed by atoms with Crippen LogP contribution in [-0.4, -0.2) is 17.6 Å². The first kappa shape index (κ1) is 10.7. The molecule has 0 unspecified atom stereocenters. The molecule has 3 heteroatoms. The van der Waals surface area contributed by atoms with Gasteiger partial charge >= 0.3 is 5.97 Å². The highest BCUT2D eigenvalue weighted by molar-refractivity contribution is 5.89. The summed E-state index contributed by atoms with van der Waals surface area (Å²) in [6, 6.07) is 6.06. The van der Waals surface area contributed by atoms with E-state index >= 15 is 0 Å². The molecule has 16 heavy (non-hydrogen) atoms. The number of aromatic nitrogens is 1. The number of carbonyl (C=O) groups is 1. The molecule has 0 spiro atoms. The normalized spacial score (nSPS) is 10.6. The third-order valence-corrected chi connectivity index (χ3v) is 2.64. The molecule has 0 aliphatic rings. The zero-order valence-electron chi connectivity index (χ0n) is 9.54. The molecule has 3 nitrogen and oxygen atoms in total. The number of esters is 1. The SMILES string of the molecule is CCOC(=O)Cc1c[nH]c2cccc(C)c12. The monoisotopic (exact) mass is 217 g/mol. The number of H-pyrrole nitrogens is 1. The molecule has 1 aromatic heterocycles. The van der Waals surface area contributed by atoms with E-state index < -0.39 is 0 Å². The number of nitrogens with one attached hydrogen (secondary N) is 1. The lowest BCUT2D eigenvalue weighted by Crippen LogP contribution is -2.07. The molecule has 0 bridgehead atoms. The Kier molecular flexibility index (Phi) is 2.95. The van der Waals surface area contributed by atoms with Crippen LogP contribution in [0.25, 0.3) is 10.9 Å². The zero-order valence-corrected chi connectivity index (χ0v) is 9.54. The van der Waals surface area contributed by atoms with Gasteiger partial charge in [0.1, 0.15) is 0 Å². The van der Waals surface area contributed by atoms with Crippen LogP contribution in [0.3, 0.4) is 0 Å². The molecule has 0 saturated heterocycles. The van der Waals surface area contributed by atoms with Crippen LogP contribution >= 0.6 is 0 Å². The van der Waals surface area contributed by atoms with Gasteiger partial charge in [-0.15, -0.1) is 0 Å². The van der Waals surface area contributed by atoms with Crippen LogP contribution in [0.15, 0.2) is 24.4 Å². The second-order valence-corrected chi connectivity index (χ2v) is 3.79. The van der Waals surface area contributed by atoms with Gasteiger partial charge in [-0.05, 0) is 31.0 Å². The van der Waals surface area contributed by atoms with Gasteiger partial charge in [0.25, 0.3) is 0 Å². The molecule has 0 amide bonds. The van der Waals surface area contributed by atoms with Crippen molar-refractivity contribution < 1.29 is 9.53 Å². The highest BCUT2D eigenvalue weighted by Crippen LogP contribution is 2.22. The van der Waals surface area contributed by atoms with E-state index in [2.05, 4.69) is 4.98 Å². The number of aromatic amines is 1. The molecule has 1 heterocycles. The van der Waals surface area contributed by atoms with Gasteiger partial charge in [0.15, 0.2) is 0 Å². The molecule has 0 fully saturated rings. The zero-order chi connectivity index (χ0) is 11.5. The van der Waals surface area contributed by atoms with Crippen molar-refractivity contribution in [1.29, 1.82) is 0 Å². The van der Waals surface area contributed by atoms with Crippen molar-refractivity contribution in [2.24, 2.45) is 0 Å². The van der Waals surface area contributed by atoms with Gasteiger partial charge in [0.05, 0.1) is 13.0 Å². The van der Waals surface area contributed by atoms with Crippen molar-refractivity contribution in [3.05, 3.63) is 35.5 Å². The molecule has 0 radical (unpaired) electrons. The summed E-state index contributed by atoms with van der Waals surface area (Å²) >= 11 is 0. The lowest BCUT2D eigenvalue weighted by Gasteiger charge is -2.02. The van der Waals surface area contributed by atoms with Gasteiger partial charge in [-0.2, -0.15) is 0 Å². The number of rotatable bonds is 3. The molecule has 1 N–H and O–H groups in total. The summed E-state index contributed by atoms with van der Waals surface area (Å²) in [6.07, 6.45) is 2.22. The predicted octanol–water partition coefficient (Wildman–Crippen LogP) is 2.58. The Hall–Kier alpha value is -1.77. The summed E-state index contributed by atoms with van der Waals surface area (Å²) in [5.41, 5.74) is 3.25. The summed E-state index contributed by atoms with van der Waals surface area (Å²) in [6.45, 7) is 4.30. The lowest BCUT2D eigenvalue weighted by molar-refractivity contribution is -0.142. The number of carbonyl (C=O) groups excluding carboxylic acids is 1. The first-order chi connectivity index (χ1) is 7.72. The van der Waals surface area contributed by atoms with E-state index in [1.54, 1.807) is 0 Å². The highest BCUT2D eigenvalue weighted by atomic mass is 16.5. The topological polar surface area (TPSA) is 42.1 Å². The maximum atomic E-state index is 11.4. The minimum Gasteiger partial charge on any atom is -0.466 e. The Balaban J connectivity index is 2.34. The largest absolute Gasteiger partial charge is 0.466 e. The number of hydrogen-bond donors (Lipinski definition) is 1. The van der Waals surface area contributed by atoms with Gasteiger partial charge in [0, 0.05) is 17.1 Å². The molecular weight excluding hydrogens is 202 g/mol. The third kappa shape index (κ3) is 1.94. The summed E-state index contributed by atoms with van der Waals surface area (Å²) in [5, 5.41) is 1.13. The fourth-order valence-electron chi connectivity index (χ4n) is 1.96. The van der Waals surface area contributed by atoms with E-state index in [0.717, 1.165) is 16.5 Å². The number of hydrogen-bond acceptors (Lipinski definition) is 2. The smallest absolute Gasteiger partial charge is 0.310 e. The van der Waals surface area contributed by atoms with Crippen LogP contribution in [0.1, 0.15) is 18.1 Å². The minimum absolute atomic E-state index is 0.174. The summed E-state index contributed by atoms with van der Waals surface area (Å²) < 4.78 is 4.95. The maximum absolute atomic E-state index is 11.4. The van der Waals surface area contributed by atoms with E-state index in [0.29, 0.717) is 13.0 Å². The van der Waals surface area contributed by atoms with Crippen molar-refractivity contribution in [1.82, 2.24) is 4.98 Å². The van der Waals surface area contributed by atoms with Gasteiger partial charge in [-0.25, -0.2) is 0 Å². The quantitative estimate of drug-likeness (QED) is 0.803. The van der Waals surface area contributed by atoms with Crippen LogP contribution < -0.4 is 0 Å². The van der Waals surface area contributed by atoms with Crippen LogP contribution in [-0.2, 0) is 16.0 Å². The van der Waals surface area contributed by atoms with Gasteiger partial charge in [0.2, 0.25) is 0 Å². The Labute approximate surface area is 94.4 Å². The number of benzene rings is 1. The van der Waals surface area contributed by atoms with Crippen LogP contribution in [0.2, 0.25) is 0 Å². The van der Waals surface area contributed by atoms with Crippen molar-refractivity contribution in [2.75, 3.05) is 6.61 Å². The Morgan fingerprint density at radius 3 is 3.00 bits per heavy atom. The van der Waals surface area contributed by atoms with Gasteiger partial charge in [-0.3, -0.25) is 4.79 Å². The van der Waals surface area contributed by atoms with Gasteiger partial charge < -0.3 is 9.72 Å². The molecule has 2 rings (SSSR count). The van der Waals surface area contributed by atoms with E-state index in [1.807, 2.05) is 38.2 Å². The predicted molar refractivity (Wildman–Crippen MR) is 63.4 cm³/mol. The fraction of sp³-hybridized carbons (Fsp3) is 0.308. The summed E-state index contributed by atoms with van der Waals surface area (Å²) in [5.74, 6) is -0.174. The lowest BCUT2D eigenvalue weighted by atomic mass is 10.1. The second kappa shape index (κ2) is 4.39. The van der Waals surface area contributed by atoms with E-state index in [9.17, 15) is 4.79 Å². The highest BCUT2D eigenvalue weighted by Gasteiger charge is 2.10. The molecule has 0 aliphatic carbocycles. The van der Waals surface area contributed by atoms with Crippen LogP contribution in [0, 0.1) is 6.92 Å². The van der Waals surface area contributed by atoms with Crippen LogP contribution in [0.5, 0.6) is 0 Å². The minimum atomic E-state index is -0.174. The molecular formula is C13H15NO2. The second-order valence-electron chi connectivity index (χ2n) is 3.79. The van der Waals surface area contributed by atoms with Crippen molar-refractivity contribution >= 4 is 16.9 Å². The number of fused-ring (bicyclic) bond motifs is 1. The molecule has 1 aromatic carbocycles. The molecule has 0 atom stereocenters. The summed E-state index contributed by atoms with van der Waals surface area (Å²) in [7, 11) is 0. The standard InChI is InChI=1S/C13H15NO2/c1-3-16-12(15)7-10-8-14-11-6-4-5-9(2)13(10)11/h4-6,8,14H,3,7H2,1-2H3. The van der Waals surface area contributed by atoms with Crippen molar-refractivity contribution in [3.8, 4) is 0 Å². The Bertz CT molecular complexity index is 514. The molecule has 0 aliphatic heterocycles. The summed E-state index contributed by atoms with van der Waals surface area (Å²) in [4.78, 5) is 14.6. The average Bonchev–Trinajstić information content (AvgIpc) is 2.63. The third-order valence-electron chi connectivity index (χ3n) is 2.64. The number of ether oxygens (including phenoxy) is 1. The Morgan fingerprint density at radius 2 is 2.25 bits per heavy atom. The van der Waals surface area contributed by atoms with Crippen molar-refractivity contribution in [3.63, 3.8) is 0 Å². The van der Waals surface area contributed by atoms with Gasteiger partial charge in [-0.1, -0.05) is 12.1 Å². The van der Waals surface area contributed by atoms with E-state index in [1.165, 1.54) is 5.56 Å². The van der Waals surface area contributed by atoms with Crippen LogP contribution in [0.4, 0.5) is 0 Å². The van der Waals surface area contributed by atoms with E-state index in [4.69, 9.17) is 4.74 Å². The van der Waals surface area contributed by atoms with E-state index in [-0.39, 0.29) is 5.97 Å². The first-order valence-electron chi connectivity index (χ1n) is 5.43. The first-order valence-corrected chi connectivity index (χ1v) is 5.43. The average molecular weight is 217 g/mol. The Morgan fingerprint density at radius 1 is 1.44 bits per heavy atom.